The highest BCUT2D eigenvalue weighted by atomic mass is 16.5. The molecule has 0 amide bonds. The molecule has 0 bridgehead atoms. The number of fused-ring (bicyclic) bond motifs is 1. The molecule has 0 radical (unpaired) electrons. The van der Waals surface area contributed by atoms with Gasteiger partial charge in [0.1, 0.15) is 5.82 Å². The van der Waals surface area contributed by atoms with E-state index in [1.807, 2.05) is 28.9 Å². The molecule has 2 aromatic heterocycles. The lowest BCUT2D eigenvalue weighted by Gasteiger charge is -2.26. The summed E-state index contributed by atoms with van der Waals surface area (Å²) >= 11 is 0. The Labute approximate surface area is 111 Å². The first-order chi connectivity index (χ1) is 9.36. The maximum absolute atomic E-state index is 10.8. The summed E-state index contributed by atoms with van der Waals surface area (Å²) in [7, 11) is 0. The first-order valence-electron chi connectivity index (χ1n) is 6.58. The number of pyridine rings is 1. The highest BCUT2D eigenvalue weighted by Crippen LogP contribution is 2.10. The van der Waals surface area contributed by atoms with Crippen LogP contribution in [0.15, 0.2) is 24.5 Å². The Morgan fingerprint density at radius 3 is 2.95 bits per heavy atom. The van der Waals surface area contributed by atoms with Crippen molar-refractivity contribution >= 4 is 11.8 Å². The minimum Gasteiger partial charge on any atom is -0.379 e. The van der Waals surface area contributed by atoms with Crippen LogP contribution in [-0.4, -0.2) is 53.4 Å². The number of hydrogen-bond acceptors (Lipinski definition) is 4. The molecule has 0 atom stereocenters. The van der Waals surface area contributed by atoms with E-state index < -0.39 is 0 Å². The van der Waals surface area contributed by atoms with Crippen LogP contribution >= 0.6 is 0 Å². The molecule has 0 N–H and O–H groups in total. The molecule has 0 unspecified atom stereocenters. The van der Waals surface area contributed by atoms with Crippen molar-refractivity contribution in [1.82, 2.24) is 14.3 Å². The van der Waals surface area contributed by atoms with Crippen molar-refractivity contribution in [3.05, 3.63) is 35.9 Å². The van der Waals surface area contributed by atoms with Gasteiger partial charge in [0.15, 0.2) is 6.29 Å². The fourth-order valence-corrected chi connectivity index (χ4v) is 2.40. The number of carbonyl (C=O) groups is 1. The summed E-state index contributed by atoms with van der Waals surface area (Å²) in [4.78, 5) is 17.7. The molecule has 0 aromatic carbocycles. The monoisotopic (exact) mass is 259 g/mol. The zero-order valence-electron chi connectivity index (χ0n) is 10.8. The number of aldehydes is 1. The number of morpholine rings is 1. The Hall–Kier alpha value is -1.72. The Morgan fingerprint density at radius 2 is 2.16 bits per heavy atom. The highest BCUT2D eigenvalue weighted by molar-refractivity contribution is 5.75. The van der Waals surface area contributed by atoms with Gasteiger partial charge in [0, 0.05) is 37.8 Å². The SMILES string of the molecule is O=Cc1ccc2cnc(CCN3CCOCC3)n2c1. The molecule has 5 nitrogen and oxygen atoms in total. The number of carbonyl (C=O) groups excluding carboxylic acids is 1. The molecule has 100 valence electrons. The molecule has 5 heteroatoms. The predicted octanol–water partition coefficient (Wildman–Crippen LogP) is 1.02. The van der Waals surface area contributed by atoms with Crippen molar-refractivity contribution in [3.8, 4) is 0 Å². The third-order valence-electron chi connectivity index (χ3n) is 3.52. The van der Waals surface area contributed by atoms with Crippen LogP contribution in [0.5, 0.6) is 0 Å². The summed E-state index contributed by atoms with van der Waals surface area (Å²) in [6, 6.07) is 3.74. The van der Waals surface area contributed by atoms with Crippen molar-refractivity contribution < 1.29 is 9.53 Å². The van der Waals surface area contributed by atoms with Gasteiger partial charge in [-0.3, -0.25) is 9.69 Å². The second-order valence-electron chi connectivity index (χ2n) is 4.75. The van der Waals surface area contributed by atoms with Crippen molar-refractivity contribution in [1.29, 1.82) is 0 Å². The normalized spacial score (nSPS) is 16.8. The van der Waals surface area contributed by atoms with Crippen LogP contribution in [0.2, 0.25) is 0 Å². The van der Waals surface area contributed by atoms with Crippen LogP contribution in [0.4, 0.5) is 0 Å². The Bertz CT molecular complexity index is 573. The maximum atomic E-state index is 10.8. The fourth-order valence-electron chi connectivity index (χ4n) is 2.40. The number of aromatic nitrogens is 2. The second kappa shape index (κ2) is 5.50. The number of imidazole rings is 1. The van der Waals surface area contributed by atoms with E-state index in [0.717, 1.165) is 56.9 Å². The number of hydrogen-bond donors (Lipinski definition) is 0. The van der Waals surface area contributed by atoms with Gasteiger partial charge in [-0.1, -0.05) is 0 Å². The van der Waals surface area contributed by atoms with E-state index in [1.165, 1.54) is 0 Å². The van der Waals surface area contributed by atoms with Gasteiger partial charge in [0.2, 0.25) is 0 Å². The molecule has 1 saturated heterocycles. The molecule has 0 aliphatic carbocycles. The third-order valence-corrected chi connectivity index (χ3v) is 3.52. The molecule has 1 aliphatic heterocycles. The molecule has 0 spiro atoms. The average molecular weight is 259 g/mol. The van der Waals surface area contributed by atoms with E-state index in [1.54, 1.807) is 0 Å². The van der Waals surface area contributed by atoms with Crippen LogP contribution < -0.4 is 0 Å². The van der Waals surface area contributed by atoms with Crippen LogP contribution in [0.1, 0.15) is 16.2 Å². The van der Waals surface area contributed by atoms with Crippen LogP contribution in [-0.2, 0) is 11.2 Å². The summed E-state index contributed by atoms with van der Waals surface area (Å²) in [5.41, 5.74) is 1.71. The second-order valence-corrected chi connectivity index (χ2v) is 4.75. The quantitative estimate of drug-likeness (QED) is 0.769. The average Bonchev–Trinajstić information content (AvgIpc) is 2.88. The summed E-state index contributed by atoms with van der Waals surface area (Å²) in [6.07, 6.45) is 5.45. The van der Waals surface area contributed by atoms with E-state index in [4.69, 9.17) is 4.74 Å². The Morgan fingerprint density at radius 1 is 1.32 bits per heavy atom. The largest absolute Gasteiger partial charge is 0.379 e. The highest BCUT2D eigenvalue weighted by Gasteiger charge is 2.11. The summed E-state index contributed by atoms with van der Waals surface area (Å²) < 4.78 is 7.34. The van der Waals surface area contributed by atoms with E-state index in [9.17, 15) is 4.79 Å². The van der Waals surface area contributed by atoms with Crippen molar-refractivity contribution in [2.24, 2.45) is 0 Å². The van der Waals surface area contributed by atoms with E-state index in [2.05, 4.69) is 9.88 Å². The zero-order valence-corrected chi connectivity index (χ0v) is 10.8. The molecular formula is C14H17N3O2. The molecule has 3 heterocycles. The molecule has 1 aliphatic rings. The number of rotatable bonds is 4. The van der Waals surface area contributed by atoms with Crippen LogP contribution in [0, 0.1) is 0 Å². The van der Waals surface area contributed by atoms with Gasteiger partial charge in [0.25, 0.3) is 0 Å². The summed E-state index contributed by atoms with van der Waals surface area (Å²) in [5, 5.41) is 0. The van der Waals surface area contributed by atoms with E-state index >= 15 is 0 Å². The van der Waals surface area contributed by atoms with Gasteiger partial charge in [-0.2, -0.15) is 0 Å². The van der Waals surface area contributed by atoms with Gasteiger partial charge in [0.05, 0.1) is 24.9 Å². The first kappa shape index (κ1) is 12.3. The summed E-state index contributed by atoms with van der Waals surface area (Å²) in [5.74, 6) is 1.00. The smallest absolute Gasteiger partial charge is 0.151 e. The van der Waals surface area contributed by atoms with E-state index in [-0.39, 0.29) is 0 Å². The zero-order chi connectivity index (χ0) is 13.1. The molecule has 1 fully saturated rings. The van der Waals surface area contributed by atoms with Crippen LogP contribution in [0.3, 0.4) is 0 Å². The standard InChI is InChI=1S/C14H17N3O2/c18-11-12-1-2-13-9-15-14(17(13)10-12)3-4-16-5-7-19-8-6-16/h1-2,9-11H,3-8H2. The molecule has 2 aromatic rings. The molecular weight excluding hydrogens is 242 g/mol. The van der Waals surface area contributed by atoms with Crippen LogP contribution in [0.25, 0.3) is 5.52 Å². The van der Waals surface area contributed by atoms with Gasteiger partial charge in [-0.25, -0.2) is 4.98 Å². The number of nitrogens with zero attached hydrogens (tertiary/aromatic N) is 3. The lowest BCUT2D eigenvalue weighted by atomic mass is 10.3. The molecule has 3 rings (SSSR count). The third kappa shape index (κ3) is 2.67. The van der Waals surface area contributed by atoms with Crippen molar-refractivity contribution in [2.75, 3.05) is 32.8 Å². The van der Waals surface area contributed by atoms with Gasteiger partial charge >= 0.3 is 0 Å². The van der Waals surface area contributed by atoms with Gasteiger partial charge in [-0.05, 0) is 12.1 Å². The van der Waals surface area contributed by atoms with Gasteiger partial charge in [-0.15, -0.1) is 0 Å². The number of ether oxygens (including phenoxy) is 1. The Balaban J connectivity index is 1.74. The van der Waals surface area contributed by atoms with Crippen molar-refractivity contribution in [2.45, 2.75) is 6.42 Å². The van der Waals surface area contributed by atoms with Gasteiger partial charge < -0.3 is 9.14 Å². The minimum atomic E-state index is 0.679. The van der Waals surface area contributed by atoms with E-state index in [0.29, 0.717) is 5.56 Å². The maximum Gasteiger partial charge on any atom is 0.151 e. The first-order valence-corrected chi connectivity index (χ1v) is 6.58. The summed E-state index contributed by atoms with van der Waals surface area (Å²) in [6.45, 7) is 4.59. The molecule has 19 heavy (non-hydrogen) atoms. The molecule has 0 saturated carbocycles. The predicted molar refractivity (Wildman–Crippen MR) is 71.5 cm³/mol. The lowest BCUT2D eigenvalue weighted by Crippen LogP contribution is -2.37. The van der Waals surface area contributed by atoms with Crippen molar-refractivity contribution in [3.63, 3.8) is 0 Å². The minimum absolute atomic E-state index is 0.679. The lowest BCUT2D eigenvalue weighted by molar-refractivity contribution is 0.0382. The Kier molecular flexibility index (Phi) is 3.57. The topological polar surface area (TPSA) is 46.8 Å². The fraction of sp³-hybridized carbons (Fsp3) is 0.429.